The highest BCUT2D eigenvalue weighted by Crippen LogP contribution is 2.23. The van der Waals surface area contributed by atoms with Crippen molar-refractivity contribution in [2.75, 3.05) is 0 Å². The second kappa shape index (κ2) is 6.54. The molecule has 0 unspecified atom stereocenters. The summed E-state index contributed by atoms with van der Waals surface area (Å²) in [6, 6.07) is 0.297. The second-order valence-electron chi connectivity index (χ2n) is 5.57. The molecule has 0 bridgehead atoms. The van der Waals surface area contributed by atoms with Gasteiger partial charge in [0.15, 0.2) is 0 Å². The van der Waals surface area contributed by atoms with Crippen LogP contribution in [0.15, 0.2) is 12.4 Å². The van der Waals surface area contributed by atoms with Gasteiger partial charge in [-0.25, -0.2) is 4.79 Å². The summed E-state index contributed by atoms with van der Waals surface area (Å²) < 4.78 is 1.49. The number of nitrogens with one attached hydrogen (secondary N) is 1. The largest absolute Gasteiger partial charge is 0.478 e. The Morgan fingerprint density at radius 2 is 2.10 bits per heavy atom. The molecule has 2 rings (SSSR count). The maximum atomic E-state index is 11.8. The number of aryl methyl sites for hydroxylation is 1. The standard InChI is InChI=1S/C14H21N3O3/c1-10-2-4-12(5-3-10)16-13(18)6-7-17-9-11(8-15-17)14(19)20/h8-10,12H,2-7H2,1H3,(H,16,18)(H,19,20). The molecule has 0 radical (unpaired) electrons. The van der Waals surface area contributed by atoms with Crippen LogP contribution in [0.25, 0.3) is 0 Å². The van der Waals surface area contributed by atoms with E-state index < -0.39 is 5.97 Å². The van der Waals surface area contributed by atoms with Crippen molar-refractivity contribution in [3.05, 3.63) is 18.0 Å². The van der Waals surface area contributed by atoms with Crippen LogP contribution in [0.2, 0.25) is 0 Å². The molecule has 1 saturated carbocycles. The Hall–Kier alpha value is -1.85. The van der Waals surface area contributed by atoms with Crippen LogP contribution in [0, 0.1) is 5.92 Å². The van der Waals surface area contributed by atoms with Crippen LogP contribution >= 0.6 is 0 Å². The first-order valence-corrected chi connectivity index (χ1v) is 7.09. The van der Waals surface area contributed by atoms with E-state index in [0.717, 1.165) is 18.8 Å². The van der Waals surface area contributed by atoms with Gasteiger partial charge in [0.1, 0.15) is 0 Å². The summed E-state index contributed by atoms with van der Waals surface area (Å²) in [6.45, 7) is 2.65. The number of carboxylic acid groups (broad SMARTS) is 1. The summed E-state index contributed by atoms with van der Waals surface area (Å²) in [5.41, 5.74) is 0.145. The van der Waals surface area contributed by atoms with Crippen molar-refractivity contribution >= 4 is 11.9 Å². The van der Waals surface area contributed by atoms with Gasteiger partial charge < -0.3 is 10.4 Å². The SMILES string of the molecule is CC1CCC(NC(=O)CCn2cc(C(=O)O)cn2)CC1. The van der Waals surface area contributed by atoms with Gasteiger partial charge in [0.05, 0.1) is 11.8 Å². The van der Waals surface area contributed by atoms with Crippen molar-refractivity contribution in [1.29, 1.82) is 0 Å². The Balaban J connectivity index is 1.73. The summed E-state index contributed by atoms with van der Waals surface area (Å²) in [5.74, 6) is -0.226. The Morgan fingerprint density at radius 3 is 2.70 bits per heavy atom. The highest BCUT2D eigenvalue weighted by molar-refractivity contribution is 5.86. The van der Waals surface area contributed by atoms with E-state index in [-0.39, 0.29) is 11.5 Å². The van der Waals surface area contributed by atoms with Gasteiger partial charge in [-0.2, -0.15) is 5.10 Å². The first-order chi connectivity index (χ1) is 9.54. The molecule has 110 valence electrons. The van der Waals surface area contributed by atoms with Gasteiger partial charge in [0.25, 0.3) is 0 Å². The fourth-order valence-electron chi connectivity index (χ4n) is 2.52. The van der Waals surface area contributed by atoms with Crippen molar-refractivity contribution in [3.8, 4) is 0 Å². The van der Waals surface area contributed by atoms with E-state index in [1.165, 1.54) is 29.9 Å². The summed E-state index contributed by atoms with van der Waals surface area (Å²) in [7, 11) is 0. The molecule has 1 aliphatic rings. The molecule has 6 heteroatoms. The summed E-state index contributed by atoms with van der Waals surface area (Å²) in [4.78, 5) is 22.5. The van der Waals surface area contributed by atoms with Crippen LogP contribution in [0.3, 0.4) is 0 Å². The van der Waals surface area contributed by atoms with E-state index in [4.69, 9.17) is 5.11 Å². The molecule has 1 aliphatic carbocycles. The number of carbonyl (C=O) groups excluding carboxylic acids is 1. The highest BCUT2D eigenvalue weighted by atomic mass is 16.4. The molecule has 1 aromatic rings. The number of hydrogen-bond acceptors (Lipinski definition) is 3. The van der Waals surface area contributed by atoms with Crippen LogP contribution in [-0.2, 0) is 11.3 Å². The predicted octanol–water partition coefficient (Wildman–Crippen LogP) is 1.67. The zero-order chi connectivity index (χ0) is 14.5. The quantitative estimate of drug-likeness (QED) is 0.858. The molecule has 1 heterocycles. The zero-order valence-electron chi connectivity index (χ0n) is 11.7. The minimum Gasteiger partial charge on any atom is -0.478 e. The Morgan fingerprint density at radius 1 is 1.40 bits per heavy atom. The number of carboxylic acids is 1. The molecule has 1 amide bonds. The minimum absolute atomic E-state index is 0.0110. The van der Waals surface area contributed by atoms with Crippen LogP contribution in [0.4, 0.5) is 0 Å². The van der Waals surface area contributed by atoms with Gasteiger partial charge in [0.2, 0.25) is 5.91 Å². The molecule has 20 heavy (non-hydrogen) atoms. The van der Waals surface area contributed by atoms with Crippen molar-refractivity contribution in [3.63, 3.8) is 0 Å². The molecule has 2 N–H and O–H groups in total. The van der Waals surface area contributed by atoms with Gasteiger partial charge in [-0.1, -0.05) is 6.92 Å². The van der Waals surface area contributed by atoms with Crippen molar-refractivity contribution in [1.82, 2.24) is 15.1 Å². The lowest BCUT2D eigenvalue weighted by Crippen LogP contribution is -2.37. The molecule has 0 spiro atoms. The van der Waals surface area contributed by atoms with Gasteiger partial charge in [0, 0.05) is 25.2 Å². The highest BCUT2D eigenvalue weighted by Gasteiger charge is 2.19. The van der Waals surface area contributed by atoms with E-state index in [9.17, 15) is 9.59 Å². The number of amides is 1. The van der Waals surface area contributed by atoms with Crippen LogP contribution < -0.4 is 5.32 Å². The number of aromatic carboxylic acids is 1. The summed E-state index contributed by atoms with van der Waals surface area (Å²) in [5, 5.41) is 15.7. The van der Waals surface area contributed by atoms with Gasteiger partial charge >= 0.3 is 5.97 Å². The molecular formula is C14H21N3O3. The van der Waals surface area contributed by atoms with Crippen molar-refractivity contribution in [2.24, 2.45) is 5.92 Å². The Kier molecular flexibility index (Phi) is 4.76. The maximum absolute atomic E-state index is 11.8. The summed E-state index contributed by atoms with van der Waals surface area (Å²) in [6.07, 6.45) is 7.52. The summed E-state index contributed by atoms with van der Waals surface area (Å²) >= 11 is 0. The third-order valence-corrected chi connectivity index (χ3v) is 3.83. The average molecular weight is 279 g/mol. The first-order valence-electron chi connectivity index (χ1n) is 7.09. The van der Waals surface area contributed by atoms with E-state index in [1.807, 2.05) is 0 Å². The number of nitrogens with zero attached hydrogens (tertiary/aromatic N) is 2. The van der Waals surface area contributed by atoms with E-state index in [2.05, 4.69) is 17.3 Å². The van der Waals surface area contributed by atoms with Crippen molar-refractivity contribution < 1.29 is 14.7 Å². The maximum Gasteiger partial charge on any atom is 0.338 e. The molecule has 0 saturated heterocycles. The lowest BCUT2D eigenvalue weighted by atomic mass is 9.87. The normalized spacial score (nSPS) is 22.4. The molecule has 0 aliphatic heterocycles. The van der Waals surface area contributed by atoms with E-state index in [1.54, 1.807) is 0 Å². The Labute approximate surface area is 118 Å². The minimum atomic E-state index is -1.00. The van der Waals surface area contributed by atoms with Crippen LogP contribution in [0.1, 0.15) is 49.4 Å². The van der Waals surface area contributed by atoms with Crippen molar-refractivity contribution in [2.45, 2.75) is 51.6 Å². The number of carbonyl (C=O) groups is 2. The van der Waals surface area contributed by atoms with Gasteiger partial charge in [-0.05, 0) is 31.6 Å². The fraction of sp³-hybridized carbons (Fsp3) is 0.643. The average Bonchev–Trinajstić information content (AvgIpc) is 2.88. The first kappa shape index (κ1) is 14.6. The molecule has 6 nitrogen and oxygen atoms in total. The van der Waals surface area contributed by atoms with E-state index in [0.29, 0.717) is 19.0 Å². The topological polar surface area (TPSA) is 84.2 Å². The monoisotopic (exact) mass is 279 g/mol. The van der Waals surface area contributed by atoms with E-state index >= 15 is 0 Å². The third kappa shape index (κ3) is 4.08. The number of rotatable bonds is 5. The van der Waals surface area contributed by atoms with Crippen LogP contribution in [0.5, 0.6) is 0 Å². The molecule has 0 aromatic carbocycles. The molecule has 1 aromatic heterocycles. The van der Waals surface area contributed by atoms with Gasteiger partial charge in [-0.15, -0.1) is 0 Å². The predicted molar refractivity (Wildman–Crippen MR) is 73.4 cm³/mol. The third-order valence-electron chi connectivity index (χ3n) is 3.83. The zero-order valence-corrected chi connectivity index (χ0v) is 11.7. The molecule has 0 atom stereocenters. The molecular weight excluding hydrogens is 258 g/mol. The second-order valence-corrected chi connectivity index (χ2v) is 5.57. The Bertz CT molecular complexity index is 476. The fourth-order valence-corrected chi connectivity index (χ4v) is 2.52. The van der Waals surface area contributed by atoms with Gasteiger partial charge in [-0.3, -0.25) is 9.48 Å². The number of hydrogen-bond donors (Lipinski definition) is 2. The smallest absolute Gasteiger partial charge is 0.338 e. The lowest BCUT2D eigenvalue weighted by molar-refractivity contribution is -0.122. The molecule has 1 fully saturated rings. The van der Waals surface area contributed by atoms with Crippen LogP contribution in [-0.4, -0.2) is 32.8 Å². The number of aromatic nitrogens is 2. The lowest BCUT2D eigenvalue weighted by Gasteiger charge is -2.26.